The molecule has 1 N–H and O–H groups in total. The number of hydrogen-bond donors (Lipinski definition) is 1. The maximum absolute atomic E-state index is 13.7. The van der Waals surface area contributed by atoms with Crippen LogP contribution in [0, 0.1) is 12.7 Å². The molecule has 2 aromatic rings. The Morgan fingerprint density at radius 2 is 2.24 bits per heavy atom. The summed E-state index contributed by atoms with van der Waals surface area (Å²) in [5, 5.41) is 6.49. The molecule has 2 aromatic heterocycles. The SMILES string of the molecule is CCc1ncnc(NCc2noc(C)n2)c1F. The maximum atomic E-state index is 13.7. The monoisotopic (exact) mass is 237 g/mol. The third-order valence-electron chi connectivity index (χ3n) is 2.18. The Kier molecular flexibility index (Phi) is 3.27. The van der Waals surface area contributed by atoms with E-state index in [-0.39, 0.29) is 12.4 Å². The van der Waals surface area contributed by atoms with Crippen molar-refractivity contribution in [2.45, 2.75) is 26.8 Å². The lowest BCUT2D eigenvalue weighted by Gasteiger charge is -2.05. The zero-order valence-electron chi connectivity index (χ0n) is 9.57. The molecule has 6 nitrogen and oxygen atoms in total. The van der Waals surface area contributed by atoms with Crippen molar-refractivity contribution < 1.29 is 8.91 Å². The van der Waals surface area contributed by atoms with Crippen LogP contribution in [0.15, 0.2) is 10.9 Å². The van der Waals surface area contributed by atoms with Crippen LogP contribution in [-0.4, -0.2) is 20.1 Å². The number of rotatable bonds is 4. The molecule has 0 spiro atoms. The number of aryl methyl sites for hydroxylation is 2. The summed E-state index contributed by atoms with van der Waals surface area (Å²) < 4.78 is 18.5. The van der Waals surface area contributed by atoms with Crippen LogP contribution in [-0.2, 0) is 13.0 Å². The molecular weight excluding hydrogens is 225 g/mol. The molecule has 0 saturated carbocycles. The van der Waals surface area contributed by atoms with E-state index in [1.54, 1.807) is 6.92 Å². The van der Waals surface area contributed by atoms with Crippen molar-refractivity contribution in [1.82, 2.24) is 20.1 Å². The zero-order chi connectivity index (χ0) is 12.3. The summed E-state index contributed by atoms with van der Waals surface area (Å²) in [6.07, 6.45) is 1.84. The molecule has 90 valence electrons. The van der Waals surface area contributed by atoms with Crippen LogP contribution in [0.5, 0.6) is 0 Å². The number of nitrogens with zero attached hydrogens (tertiary/aromatic N) is 4. The third kappa shape index (κ3) is 2.55. The van der Waals surface area contributed by atoms with Gasteiger partial charge < -0.3 is 9.84 Å². The first-order valence-corrected chi connectivity index (χ1v) is 5.23. The fourth-order valence-corrected chi connectivity index (χ4v) is 1.35. The summed E-state index contributed by atoms with van der Waals surface area (Å²) >= 11 is 0. The van der Waals surface area contributed by atoms with Crippen LogP contribution in [0.2, 0.25) is 0 Å². The van der Waals surface area contributed by atoms with Crippen LogP contribution in [0.4, 0.5) is 10.2 Å². The fraction of sp³-hybridized carbons (Fsp3) is 0.400. The average Bonchev–Trinajstić information content (AvgIpc) is 2.74. The van der Waals surface area contributed by atoms with E-state index in [2.05, 4.69) is 25.4 Å². The van der Waals surface area contributed by atoms with Gasteiger partial charge in [0.2, 0.25) is 5.89 Å². The van der Waals surface area contributed by atoms with Gasteiger partial charge in [-0.2, -0.15) is 4.98 Å². The van der Waals surface area contributed by atoms with Crippen LogP contribution < -0.4 is 5.32 Å². The lowest BCUT2D eigenvalue weighted by molar-refractivity contribution is 0.388. The van der Waals surface area contributed by atoms with Crippen molar-refractivity contribution in [1.29, 1.82) is 0 Å². The topological polar surface area (TPSA) is 76.7 Å². The second kappa shape index (κ2) is 4.86. The Morgan fingerprint density at radius 3 is 2.88 bits per heavy atom. The van der Waals surface area contributed by atoms with Crippen molar-refractivity contribution in [3.63, 3.8) is 0 Å². The highest BCUT2D eigenvalue weighted by Gasteiger charge is 2.10. The second-order valence-corrected chi connectivity index (χ2v) is 3.42. The Bertz CT molecular complexity index is 513. The minimum absolute atomic E-state index is 0.152. The molecule has 17 heavy (non-hydrogen) atoms. The van der Waals surface area contributed by atoms with Gasteiger partial charge in [-0.15, -0.1) is 0 Å². The third-order valence-corrected chi connectivity index (χ3v) is 2.18. The Balaban J connectivity index is 2.09. The Labute approximate surface area is 97.3 Å². The molecule has 0 atom stereocenters. The highest BCUT2D eigenvalue weighted by atomic mass is 19.1. The van der Waals surface area contributed by atoms with E-state index in [1.165, 1.54) is 6.33 Å². The summed E-state index contributed by atoms with van der Waals surface area (Å²) in [4.78, 5) is 11.7. The van der Waals surface area contributed by atoms with Crippen LogP contribution in [0.3, 0.4) is 0 Å². The van der Waals surface area contributed by atoms with E-state index < -0.39 is 5.82 Å². The van der Waals surface area contributed by atoms with E-state index in [0.717, 1.165) is 0 Å². The fourth-order valence-electron chi connectivity index (χ4n) is 1.35. The van der Waals surface area contributed by atoms with Crippen molar-refractivity contribution in [3.05, 3.63) is 29.6 Å². The average molecular weight is 237 g/mol. The molecule has 0 aromatic carbocycles. The molecule has 0 fully saturated rings. The van der Waals surface area contributed by atoms with Gasteiger partial charge in [-0.25, -0.2) is 14.4 Å². The van der Waals surface area contributed by atoms with Gasteiger partial charge in [-0.1, -0.05) is 12.1 Å². The minimum atomic E-state index is -0.435. The molecule has 7 heteroatoms. The highest BCUT2D eigenvalue weighted by Crippen LogP contribution is 2.13. The van der Waals surface area contributed by atoms with Crippen molar-refractivity contribution >= 4 is 5.82 Å². The highest BCUT2D eigenvalue weighted by molar-refractivity contribution is 5.37. The normalized spacial score (nSPS) is 10.5. The predicted octanol–water partition coefficient (Wildman–Crippen LogP) is 1.48. The summed E-state index contributed by atoms with van der Waals surface area (Å²) in [6.45, 7) is 3.78. The zero-order valence-corrected chi connectivity index (χ0v) is 9.57. The first-order chi connectivity index (χ1) is 8.20. The van der Waals surface area contributed by atoms with E-state index in [1.807, 2.05) is 6.92 Å². The quantitative estimate of drug-likeness (QED) is 0.867. The van der Waals surface area contributed by atoms with Gasteiger partial charge in [0.25, 0.3) is 0 Å². The molecule has 2 heterocycles. The lowest BCUT2D eigenvalue weighted by Crippen LogP contribution is -2.07. The van der Waals surface area contributed by atoms with E-state index in [9.17, 15) is 4.39 Å². The Hall–Kier alpha value is -2.05. The number of aromatic nitrogens is 4. The van der Waals surface area contributed by atoms with Crippen LogP contribution in [0.1, 0.15) is 24.3 Å². The summed E-state index contributed by atoms with van der Waals surface area (Å²) in [5.41, 5.74) is 0.381. The summed E-state index contributed by atoms with van der Waals surface area (Å²) in [5.74, 6) is 0.646. The molecule has 0 aliphatic carbocycles. The molecule has 0 bridgehead atoms. The van der Waals surface area contributed by atoms with Crippen molar-refractivity contribution in [2.75, 3.05) is 5.32 Å². The largest absolute Gasteiger partial charge is 0.360 e. The molecule has 0 unspecified atom stereocenters. The summed E-state index contributed by atoms with van der Waals surface area (Å²) in [6, 6.07) is 0. The lowest BCUT2D eigenvalue weighted by atomic mass is 10.3. The molecule has 0 aliphatic heterocycles. The van der Waals surface area contributed by atoms with Crippen LogP contribution >= 0.6 is 0 Å². The molecule has 0 aliphatic rings. The molecular formula is C10H12FN5O. The second-order valence-electron chi connectivity index (χ2n) is 3.42. The van der Waals surface area contributed by atoms with Gasteiger partial charge in [0, 0.05) is 6.92 Å². The van der Waals surface area contributed by atoms with Crippen molar-refractivity contribution in [2.24, 2.45) is 0 Å². The van der Waals surface area contributed by atoms with Gasteiger partial charge in [0.15, 0.2) is 17.5 Å². The van der Waals surface area contributed by atoms with E-state index in [4.69, 9.17) is 4.52 Å². The molecule has 0 radical (unpaired) electrons. The minimum Gasteiger partial charge on any atom is -0.360 e. The van der Waals surface area contributed by atoms with Gasteiger partial charge in [-0.3, -0.25) is 0 Å². The number of nitrogens with one attached hydrogen (secondary N) is 1. The van der Waals surface area contributed by atoms with E-state index >= 15 is 0 Å². The predicted molar refractivity (Wildman–Crippen MR) is 57.7 cm³/mol. The standard InChI is InChI=1S/C10H12FN5O/c1-3-7-9(11)10(14-5-13-7)12-4-8-15-6(2)17-16-8/h5H,3-4H2,1-2H3,(H,12,13,14). The van der Waals surface area contributed by atoms with E-state index in [0.29, 0.717) is 23.8 Å². The first kappa shape index (κ1) is 11.4. The van der Waals surface area contributed by atoms with Crippen molar-refractivity contribution in [3.8, 4) is 0 Å². The maximum Gasteiger partial charge on any atom is 0.223 e. The smallest absolute Gasteiger partial charge is 0.223 e. The number of hydrogen-bond acceptors (Lipinski definition) is 6. The van der Waals surface area contributed by atoms with Gasteiger partial charge in [-0.05, 0) is 6.42 Å². The molecule has 0 saturated heterocycles. The number of anilines is 1. The Morgan fingerprint density at radius 1 is 1.41 bits per heavy atom. The molecule has 0 amide bonds. The van der Waals surface area contributed by atoms with Gasteiger partial charge in [0.05, 0.1) is 12.2 Å². The molecule has 2 rings (SSSR count). The number of halogens is 1. The van der Waals surface area contributed by atoms with Gasteiger partial charge in [0.1, 0.15) is 6.33 Å². The summed E-state index contributed by atoms with van der Waals surface area (Å²) in [7, 11) is 0. The first-order valence-electron chi connectivity index (χ1n) is 5.23. The van der Waals surface area contributed by atoms with Crippen LogP contribution in [0.25, 0.3) is 0 Å². The van der Waals surface area contributed by atoms with Gasteiger partial charge >= 0.3 is 0 Å².